The van der Waals surface area contributed by atoms with Crippen LogP contribution >= 0.6 is 0 Å². The van der Waals surface area contributed by atoms with Gasteiger partial charge in [-0.1, -0.05) is 13.0 Å². The van der Waals surface area contributed by atoms with Gasteiger partial charge in [0.05, 0.1) is 6.10 Å². The average Bonchev–Trinajstić information content (AvgIpc) is 2.69. The molecule has 2 rings (SSSR count). The molecule has 0 spiro atoms. The number of halogens is 1. The summed E-state index contributed by atoms with van der Waals surface area (Å²) in [5, 5.41) is 3.40. The summed E-state index contributed by atoms with van der Waals surface area (Å²) in [6.07, 6.45) is 2.21. The van der Waals surface area contributed by atoms with Crippen LogP contribution in [0.1, 0.15) is 45.2 Å². The zero-order chi connectivity index (χ0) is 15.2. The lowest BCUT2D eigenvalue weighted by molar-refractivity contribution is 0.0820. The van der Waals surface area contributed by atoms with Gasteiger partial charge < -0.3 is 15.0 Å². The van der Waals surface area contributed by atoms with E-state index in [1.165, 1.54) is 0 Å². The molecule has 1 aliphatic heterocycles. The molecule has 0 aromatic heterocycles. The van der Waals surface area contributed by atoms with Crippen molar-refractivity contribution in [1.82, 2.24) is 5.32 Å². The number of nitrogens with zero attached hydrogens (tertiary/aromatic N) is 1. The van der Waals surface area contributed by atoms with E-state index in [0.29, 0.717) is 0 Å². The Morgan fingerprint density at radius 1 is 1.48 bits per heavy atom. The van der Waals surface area contributed by atoms with Crippen LogP contribution in [0.15, 0.2) is 18.2 Å². The third-order valence-electron chi connectivity index (χ3n) is 3.96. The summed E-state index contributed by atoms with van der Waals surface area (Å²) in [5.41, 5.74) is 1.78. The summed E-state index contributed by atoms with van der Waals surface area (Å²) in [5.74, 6) is -0.124. The van der Waals surface area contributed by atoms with E-state index in [1.54, 1.807) is 12.1 Å². The summed E-state index contributed by atoms with van der Waals surface area (Å²) in [6.45, 7) is 9.65. The van der Waals surface area contributed by atoms with Crippen LogP contribution in [0.4, 0.5) is 10.1 Å². The Kier molecular flexibility index (Phi) is 6.00. The molecule has 1 aliphatic rings. The predicted molar refractivity (Wildman–Crippen MR) is 85.4 cm³/mol. The third kappa shape index (κ3) is 4.17. The second-order valence-corrected chi connectivity index (χ2v) is 5.83. The van der Waals surface area contributed by atoms with Crippen molar-refractivity contribution < 1.29 is 9.13 Å². The largest absolute Gasteiger partial charge is 0.377 e. The maximum Gasteiger partial charge on any atom is 0.130 e. The van der Waals surface area contributed by atoms with Gasteiger partial charge in [0.25, 0.3) is 0 Å². The first kappa shape index (κ1) is 16.2. The van der Waals surface area contributed by atoms with Crippen molar-refractivity contribution >= 4 is 5.69 Å². The molecule has 1 fully saturated rings. The average molecular weight is 294 g/mol. The van der Waals surface area contributed by atoms with Gasteiger partial charge in [0.2, 0.25) is 0 Å². The Morgan fingerprint density at radius 3 is 3.05 bits per heavy atom. The summed E-state index contributed by atoms with van der Waals surface area (Å²) in [4.78, 5) is 2.26. The van der Waals surface area contributed by atoms with Gasteiger partial charge in [-0.2, -0.15) is 0 Å². The Hall–Kier alpha value is -1.13. The quantitative estimate of drug-likeness (QED) is 0.899. The van der Waals surface area contributed by atoms with Gasteiger partial charge >= 0.3 is 0 Å². The van der Waals surface area contributed by atoms with Crippen LogP contribution in [0.25, 0.3) is 0 Å². The lowest BCUT2D eigenvalue weighted by Gasteiger charge is -2.29. The molecule has 0 bridgehead atoms. The second kappa shape index (κ2) is 7.76. The third-order valence-corrected chi connectivity index (χ3v) is 3.96. The molecule has 0 amide bonds. The van der Waals surface area contributed by atoms with Crippen molar-refractivity contribution in [2.45, 2.75) is 45.8 Å². The van der Waals surface area contributed by atoms with Gasteiger partial charge in [-0.15, -0.1) is 0 Å². The van der Waals surface area contributed by atoms with Gasteiger partial charge in [-0.3, -0.25) is 0 Å². The minimum atomic E-state index is -0.124. The van der Waals surface area contributed by atoms with Crippen LogP contribution in [0, 0.1) is 5.82 Å². The van der Waals surface area contributed by atoms with E-state index < -0.39 is 0 Å². The van der Waals surface area contributed by atoms with E-state index in [4.69, 9.17) is 4.74 Å². The van der Waals surface area contributed by atoms with E-state index in [-0.39, 0.29) is 18.0 Å². The molecular weight excluding hydrogens is 267 g/mol. The molecule has 1 N–H and O–H groups in total. The van der Waals surface area contributed by atoms with Crippen molar-refractivity contribution in [3.63, 3.8) is 0 Å². The lowest BCUT2D eigenvalue weighted by Crippen LogP contribution is -2.32. The van der Waals surface area contributed by atoms with E-state index in [0.717, 1.165) is 50.3 Å². The van der Waals surface area contributed by atoms with E-state index in [9.17, 15) is 4.39 Å². The molecule has 1 aromatic carbocycles. The molecule has 2 atom stereocenters. The maximum absolute atomic E-state index is 14.4. The van der Waals surface area contributed by atoms with E-state index in [1.807, 2.05) is 13.0 Å². The Balaban J connectivity index is 2.27. The number of benzene rings is 1. The van der Waals surface area contributed by atoms with E-state index >= 15 is 0 Å². The number of nitrogens with one attached hydrogen (secondary N) is 1. The van der Waals surface area contributed by atoms with Gasteiger partial charge in [0.15, 0.2) is 0 Å². The first-order valence-electron chi connectivity index (χ1n) is 8.01. The molecular formula is C17H27FN2O. The van der Waals surface area contributed by atoms with Crippen molar-refractivity contribution in [3.05, 3.63) is 29.6 Å². The molecule has 1 aromatic rings. The number of hydrogen-bond donors (Lipinski definition) is 1. The molecule has 3 nitrogen and oxygen atoms in total. The van der Waals surface area contributed by atoms with Gasteiger partial charge in [0, 0.05) is 37.0 Å². The van der Waals surface area contributed by atoms with Crippen molar-refractivity contribution in [3.8, 4) is 0 Å². The zero-order valence-electron chi connectivity index (χ0n) is 13.4. The van der Waals surface area contributed by atoms with Crippen LogP contribution in [0.3, 0.4) is 0 Å². The van der Waals surface area contributed by atoms with Crippen molar-refractivity contribution in [2.75, 3.05) is 31.1 Å². The molecule has 4 heteroatoms. The van der Waals surface area contributed by atoms with Gasteiger partial charge in [-0.25, -0.2) is 4.39 Å². The number of ether oxygens (including phenoxy) is 1. The monoisotopic (exact) mass is 294 g/mol. The number of hydrogen-bond acceptors (Lipinski definition) is 3. The standard InChI is InChI=1S/C17H27FN2O/c1-4-9-19-14(3)17-15(18)7-5-8-16(17)20-10-6-11-21-13(2)12-20/h5,7-8,13-14,19H,4,6,9-12H2,1-3H3. The fourth-order valence-corrected chi connectivity index (χ4v) is 2.91. The number of rotatable bonds is 5. The smallest absolute Gasteiger partial charge is 0.130 e. The molecule has 1 saturated heterocycles. The molecule has 2 unspecified atom stereocenters. The summed E-state index contributed by atoms with van der Waals surface area (Å²) in [6, 6.07) is 5.40. The Morgan fingerprint density at radius 2 is 2.29 bits per heavy atom. The van der Waals surface area contributed by atoms with Crippen LogP contribution in [0.2, 0.25) is 0 Å². The normalized spacial score (nSPS) is 21.1. The highest BCUT2D eigenvalue weighted by molar-refractivity contribution is 5.55. The SMILES string of the molecule is CCCNC(C)c1c(F)cccc1N1CCCOC(C)C1. The van der Waals surface area contributed by atoms with Gasteiger partial charge in [0.1, 0.15) is 5.82 Å². The number of anilines is 1. The van der Waals surface area contributed by atoms with Crippen LogP contribution in [-0.4, -0.2) is 32.3 Å². The zero-order valence-corrected chi connectivity index (χ0v) is 13.4. The highest BCUT2D eigenvalue weighted by Crippen LogP contribution is 2.30. The molecule has 118 valence electrons. The van der Waals surface area contributed by atoms with Crippen molar-refractivity contribution in [1.29, 1.82) is 0 Å². The fourth-order valence-electron chi connectivity index (χ4n) is 2.91. The van der Waals surface area contributed by atoms with Crippen LogP contribution in [-0.2, 0) is 4.74 Å². The lowest BCUT2D eigenvalue weighted by atomic mass is 10.0. The van der Waals surface area contributed by atoms with E-state index in [2.05, 4.69) is 24.1 Å². The topological polar surface area (TPSA) is 24.5 Å². The second-order valence-electron chi connectivity index (χ2n) is 5.83. The predicted octanol–water partition coefficient (Wildman–Crippen LogP) is 3.50. The minimum Gasteiger partial charge on any atom is -0.377 e. The molecule has 1 heterocycles. The summed E-state index contributed by atoms with van der Waals surface area (Å²) >= 11 is 0. The van der Waals surface area contributed by atoms with Crippen molar-refractivity contribution in [2.24, 2.45) is 0 Å². The fraction of sp³-hybridized carbons (Fsp3) is 0.647. The highest BCUT2D eigenvalue weighted by Gasteiger charge is 2.22. The molecule has 0 aliphatic carbocycles. The molecule has 0 radical (unpaired) electrons. The highest BCUT2D eigenvalue weighted by atomic mass is 19.1. The first-order valence-corrected chi connectivity index (χ1v) is 8.01. The van der Waals surface area contributed by atoms with Crippen LogP contribution in [0.5, 0.6) is 0 Å². The van der Waals surface area contributed by atoms with Crippen LogP contribution < -0.4 is 10.2 Å². The Bertz CT molecular complexity index is 452. The maximum atomic E-state index is 14.4. The minimum absolute atomic E-state index is 0.0145. The molecule has 0 saturated carbocycles. The summed E-state index contributed by atoms with van der Waals surface area (Å²) in [7, 11) is 0. The summed E-state index contributed by atoms with van der Waals surface area (Å²) < 4.78 is 20.1. The van der Waals surface area contributed by atoms with Gasteiger partial charge in [-0.05, 0) is 45.4 Å². The Labute approximate surface area is 127 Å². The first-order chi connectivity index (χ1) is 10.1. The molecule has 21 heavy (non-hydrogen) atoms.